The van der Waals surface area contributed by atoms with Crippen molar-refractivity contribution in [2.24, 2.45) is 0 Å². The van der Waals surface area contributed by atoms with Gasteiger partial charge in [0.2, 0.25) is 8.87 Å². The van der Waals surface area contributed by atoms with Crippen molar-refractivity contribution in [1.82, 2.24) is 4.98 Å². The van der Waals surface area contributed by atoms with Crippen molar-refractivity contribution in [1.29, 1.82) is 0 Å². The van der Waals surface area contributed by atoms with E-state index in [9.17, 15) is 13.2 Å². The molecule has 31 heavy (non-hydrogen) atoms. The van der Waals surface area contributed by atoms with Crippen molar-refractivity contribution >= 4 is 36.5 Å². The number of rotatable bonds is 4. The quantitative estimate of drug-likeness (QED) is 0.371. The molecule has 0 saturated carbocycles. The van der Waals surface area contributed by atoms with Crippen LogP contribution in [-0.2, 0) is 19.0 Å². The maximum absolute atomic E-state index is 13.1. The molecular formula is C24H29NO4S2. The Balaban J connectivity index is 2.13. The third kappa shape index (κ3) is 5.33. The van der Waals surface area contributed by atoms with Crippen LogP contribution in [0.5, 0.6) is 0 Å². The number of carbonyl (C=O) groups excluding carboxylic acids is 1. The minimum atomic E-state index is -3.64. The fourth-order valence-electron chi connectivity index (χ4n) is 3.18. The van der Waals surface area contributed by atoms with E-state index in [-0.39, 0.29) is 10.3 Å². The first kappa shape index (κ1) is 23.4. The van der Waals surface area contributed by atoms with Gasteiger partial charge in [0.05, 0.1) is 10.5 Å². The molecule has 1 heterocycles. The van der Waals surface area contributed by atoms with Crippen molar-refractivity contribution in [2.75, 3.05) is 0 Å². The van der Waals surface area contributed by atoms with Crippen molar-refractivity contribution < 1.29 is 17.9 Å². The third-order valence-corrected chi connectivity index (χ3v) is 8.08. The standard InChI is InChI=1S/C24H29NO4S2/c1-15-8-10-16(11-9-15)31(27,28)30-21-12-17-18(22(26)29-24(5,6)7)14-25-20(17)13-19(21)23(2,3)4/h8-14,25H,1-7H3. The molecule has 5 nitrogen and oxygen atoms in total. The number of carbonyl (C=O) groups is 1. The monoisotopic (exact) mass is 459 g/mol. The Morgan fingerprint density at radius 3 is 2.16 bits per heavy atom. The molecule has 0 atom stereocenters. The number of esters is 1. The predicted molar refractivity (Wildman–Crippen MR) is 126 cm³/mol. The van der Waals surface area contributed by atoms with Crippen LogP contribution >= 0.6 is 10.8 Å². The van der Waals surface area contributed by atoms with E-state index >= 15 is 0 Å². The van der Waals surface area contributed by atoms with Gasteiger partial charge in [0.15, 0.2) is 0 Å². The number of benzene rings is 2. The fourth-order valence-corrected chi connectivity index (χ4v) is 6.35. The summed E-state index contributed by atoms with van der Waals surface area (Å²) in [5, 5.41) is 0.642. The van der Waals surface area contributed by atoms with Crippen LogP contribution < -0.4 is 0 Å². The lowest BCUT2D eigenvalue weighted by Gasteiger charge is -2.23. The molecule has 3 rings (SSSR count). The van der Waals surface area contributed by atoms with Crippen LogP contribution in [0.1, 0.15) is 63.0 Å². The van der Waals surface area contributed by atoms with E-state index in [1.165, 1.54) is 0 Å². The largest absolute Gasteiger partial charge is 0.456 e. The minimum Gasteiger partial charge on any atom is -0.456 e. The number of ether oxygens (including phenoxy) is 1. The minimum absolute atomic E-state index is 0.254. The molecule has 1 aromatic heterocycles. The van der Waals surface area contributed by atoms with Crippen LogP contribution in [0.2, 0.25) is 0 Å². The Bertz CT molecular complexity index is 1230. The van der Waals surface area contributed by atoms with Crippen molar-refractivity contribution in [3.63, 3.8) is 0 Å². The van der Waals surface area contributed by atoms with Crippen molar-refractivity contribution in [2.45, 2.75) is 69.3 Å². The zero-order valence-corrected chi connectivity index (χ0v) is 20.6. The smallest absolute Gasteiger partial charge is 0.340 e. The lowest BCUT2D eigenvalue weighted by Crippen LogP contribution is -2.23. The Kier molecular flexibility index (Phi) is 6.06. The summed E-state index contributed by atoms with van der Waals surface area (Å²) in [5.74, 6) is -0.445. The van der Waals surface area contributed by atoms with Crippen molar-refractivity contribution in [3.05, 3.63) is 59.3 Å². The van der Waals surface area contributed by atoms with E-state index in [0.717, 1.165) is 27.4 Å². The number of fused-ring (bicyclic) bond motifs is 1. The van der Waals surface area contributed by atoms with Crippen molar-refractivity contribution in [3.8, 4) is 0 Å². The molecule has 166 valence electrons. The molecule has 0 unspecified atom stereocenters. The zero-order chi connectivity index (χ0) is 23.2. The number of aromatic amines is 1. The lowest BCUT2D eigenvalue weighted by molar-refractivity contribution is 0.00718. The first-order valence-corrected chi connectivity index (χ1v) is 12.9. The molecule has 0 fully saturated rings. The third-order valence-electron chi connectivity index (χ3n) is 4.72. The highest BCUT2D eigenvalue weighted by atomic mass is 33.1. The number of aromatic nitrogens is 1. The summed E-state index contributed by atoms with van der Waals surface area (Å²) in [7, 11) is -2.82. The van der Waals surface area contributed by atoms with Crippen LogP contribution in [0.4, 0.5) is 0 Å². The normalized spacial score (nSPS) is 12.9. The average Bonchev–Trinajstić information content (AvgIpc) is 3.02. The van der Waals surface area contributed by atoms with Gasteiger partial charge in [-0.3, -0.25) is 0 Å². The molecule has 0 aliphatic heterocycles. The highest BCUT2D eigenvalue weighted by Crippen LogP contribution is 2.41. The highest BCUT2D eigenvalue weighted by molar-refractivity contribution is 8.72. The number of aryl methyl sites for hydroxylation is 1. The maximum atomic E-state index is 13.1. The number of H-pyrrole nitrogens is 1. The van der Waals surface area contributed by atoms with E-state index in [4.69, 9.17) is 4.74 Å². The molecule has 0 radical (unpaired) electrons. The van der Waals surface area contributed by atoms with Gasteiger partial charge in [-0.05, 0) is 62.9 Å². The molecule has 0 bridgehead atoms. The SMILES string of the molecule is Cc1ccc(S(=O)(=O)Sc2cc3c(C(=O)OC(C)(C)C)c[nH]c3cc2C(C)(C)C)cc1. The summed E-state index contributed by atoms with van der Waals surface area (Å²) < 4.78 is 31.8. The summed E-state index contributed by atoms with van der Waals surface area (Å²) in [6.07, 6.45) is 1.62. The summed E-state index contributed by atoms with van der Waals surface area (Å²) in [6.45, 7) is 13.5. The van der Waals surface area contributed by atoms with Gasteiger partial charge in [-0.1, -0.05) is 38.5 Å². The second-order valence-electron chi connectivity index (χ2n) is 9.70. The summed E-state index contributed by atoms with van der Waals surface area (Å²) in [4.78, 5) is 16.7. The first-order chi connectivity index (χ1) is 14.2. The van der Waals surface area contributed by atoms with E-state index < -0.39 is 20.4 Å². The summed E-state index contributed by atoms with van der Waals surface area (Å²) in [5.41, 5.74) is 2.12. The van der Waals surface area contributed by atoms with Gasteiger partial charge >= 0.3 is 5.97 Å². The van der Waals surface area contributed by atoms with E-state index in [2.05, 4.69) is 4.98 Å². The van der Waals surface area contributed by atoms with E-state index in [0.29, 0.717) is 15.8 Å². The molecule has 0 aliphatic carbocycles. The zero-order valence-electron chi connectivity index (χ0n) is 19.0. The second-order valence-corrected chi connectivity index (χ2v) is 13.5. The Labute approximate surface area is 187 Å². The van der Waals surface area contributed by atoms with Gasteiger partial charge in [-0.15, -0.1) is 0 Å². The fraction of sp³-hybridized carbons (Fsp3) is 0.375. The predicted octanol–water partition coefficient (Wildman–Crippen LogP) is 6.21. The van der Waals surface area contributed by atoms with E-state index in [1.807, 2.05) is 54.5 Å². The Morgan fingerprint density at radius 2 is 1.61 bits per heavy atom. The average molecular weight is 460 g/mol. The van der Waals surface area contributed by atoms with Gasteiger partial charge in [-0.25, -0.2) is 13.2 Å². The van der Waals surface area contributed by atoms with Gasteiger partial charge in [0.25, 0.3) is 0 Å². The Hall–Kier alpha value is -2.25. The molecular weight excluding hydrogens is 430 g/mol. The van der Waals surface area contributed by atoms with Crippen LogP contribution in [0, 0.1) is 6.92 Å². The summed E-state index contributed by atoms with van der Waals surface area (Å²) in [6, 6.07) is 10.5. The van der Waals surface area contributed by atoms with Crippen LogP contribution in [0.15, 0.2) is 52.4 Å². The number of nitrogens with one attached hydrogen (secondary N) is 1. The van der Waals surface area contributed by atoms with Gasteiger partial charge in [-0.2, -0.15) is 0 Å². The molecule has 0 saturated heterocycles. The molecule has 0 spiro atoms. The van der Waals surface area contributed by atoms with Gasteiger partial charge in [0, 0.05) is 32.8 Å². The highest BCUT2D eigenvalue weighted by Gasteiger charge is 2.27. The molecule has 1 N–H and O–H groups in total. The molecule has 0 amide bonds. The van der Waals surface area contributed by atoms with Gasteiger partial charge < -0.3 is 9.72 Å². The second kappa shape index (κ2) is 8.02. The van der Waals surface area contributed by atoms with E-state index in [1.54, 1.807) is 36.5 Å². The van der Waals surface area contributed by atoms with Gasteiger partial charge in [0.1, 0.15) is 5.60 Å². The first-order valence-electron chi connectivity index (χ1n) is 10.1. The molecule has 7 heteroatoms. The molecule has 2 aromatic carbocycles. The Morgan fingerprint density at radius 1 is 1.00 bits per heavy atom. The maximum Gasteiger partial charge on any atom is 0.340 e. The van der Waals surface area contributed by atoms with Crippen LogP contribution in [0.3, 0.4) is 0 Å². The number of hydrogen-bond acceptors (Lipinski definition) is 5. The number of hydrogen-bond donors (Lipinski definition) is 1. The topological polar surface area (TPSA) is 76.2 Å². The molecule has 3 aromatic rings. The van der Waals surface area contributed by atoms with Crippen LogP contribution in [0.25, 0.3) is 10.9 Å². The van der Waals surface area contributed by atoms with Crippen LogP contribution in [-0.4, -0.2) is 25.0 Å². The summed E-state index contributed by atoms with van der Waals surface area (Å²) >= 11 is 0. The molecule has 0 aliphatic rings. The lowest BCUT2D eigenvalue weighted by atomic mass is 9.86.